The van der Waals surface area contributed by atoms with Gasteiger partial charge in [-0.3, -0.25) is 10.1 Å². The third-order valence-corrected chi connectivity index (χ3v) is 3.10. The van der Waals surface area contributed by atoms with Crippen LogP contribution in [0.2, 0.25) is 0 Å². The summed E-state index contributed by atoms with van der Waals surface area (Å²) in [5.41, 5.74) is 0. The van der Waals surface area contributed by atoms with E-state index in [1.807, 2.05) is 11.5 Å². The van der Waals surface area contributed by atoms with Gasteiger partial charge in [0.15, 0.2) is 5.16 Å². The van der Waals surface area contributed by atoms with Crippen molar-refractivity contribution in [2.75, 3.05) is 12.3 Å². The van der Waals surface area contributed by atoms with Crippen LogP contribution in [0.4, 0.5) is 4.79 Å². The van der Waals surface area contributed by atoms with Crippen molar-refractivity contribution < 1.29 is 9.59 Å². The zero-order valence-electron chi connectivity index (χ0n) is 11.0. The third-order valence-electron chi connectivity index (χ3n) is 2.14. The zero-order valence-corrected chi connectivity index (χ0v) is 11.8. The van der Waals surface area contributed by atoms with Crippen molar-refractivity contribution in [2.24, 2.45) is 0 Å². The maximum Gasteiger partial charge on any atom is 0.321 e. The number of aromatic nitrogens is 3. The molecule has 0 aliphatic heterocycles. The molecule has 7 nitrogen and oxygen atoms in total. The second-order valence-corrected chi connectivity index (χ2v) is 4.57. The van der Waals surface area contributed by atoms with Crippen LogP contribution < -0.4 is 10.6 Å². The summed E-state index contributed by atoms with van der Waals surface area (Å²) in [5.74, 6) is 0.486. The first-order valence-corrected chi connectivity index (χ1v) is 6.78. The molecule has 0 radical (unpaired) electrons. The molecular formula is C11H17N5O2S. The molecule has 1 aromatic heterocycles. The lowest BCUT2D eigenvalue weighted by Gasteiger charge is -2.06. The predicted molar refractivity (Wildman–Crippen MR) is 72.9 cm³/mol. The number of allylic oxidation sites excluding steroid dienone is 1. The Labute approximate surface area is 115 Å². The summed E-state index contributed by atoms with van der Waals surface area (Å²) in [4.78, 5) is 22.6. The van der Waals surface area contributed by atoms with E-state index >= 15 is 0 Å². The van der Waals surface area contributed by atoms with Gasteiger partial charge in [-0.2, -0.15) is 0 Å². The van der Waals surface area contributed by atoms with E-state index in [9.17, 15) is 9.59 Å². The Morgan fingerprint density at radius 3 is 2.84 bits per heavy atom. The van der Waals surface area contributed by atoms with Crippen LogP contribution in [0.25, 0.3) is 0 Å². The van der Waals surface area contributed by atoms with Gasteiger partial charge in [-0.15, -0.1) is 16.8 Å². The van der Waals surface area contributed by atoms with Gasteiger partial charge in [0.05, 0.1) is 5.75 Å². The van der Waals surface area contributed by atoms with Crippen LogP contribution in [0.3, 0.4) is 0 Å². The first kappa shape index (κ1) is 15.2. The molecule has 0 aliphatic carbocycles. The maximum absolute atomic E-state index is 11.5. The fourth-order valence-corrected chi connectivity index (χ4v) is 2.10. The van der Waals surface area contributed by atoms with Crippen LogP contribution in [0, 0.1) is 6.92 Å². The average Bonchev–Trinajstić information content (AvgIpc) is 2.69. The van der Waals surface area contributed by atoms with E-state index in [-0.39, 0.29) is 11.7 Å². The number of aryl methyl sites for hydroxylation is 1. The Morgan fingerprint density at radius 1 is 1.47 bits per heavy atom. The number of hydrogen-bond donors (Lipinski definition) is 2. The first-order valence-electron chi connectivity index (χ1n) is 5.79. The number of hydrogen-bond acceptors (Lipinski definition) is 5. The van der Waals surface area contributed by atoms with Gasteiger partial charge in [-0.1, -0.05) is 17.8 Å². The van der Waals surface area contributed by atoms with Crippen molar-refractivity contribution in [1.82, 2.24) is 25.4 Å². The highest BCUT2D eigenvalue weighted by Crippen LogP contribution is 2.16. The predicted octanol–water partition coefficient (Wildman–Crippen LogP) is 0.710. The molecule has 1 aromatic rings. The molecule has 0 atom stereocenters. The van der Waals surface area contributed by atoms with Crippen LogP contribution in [-0.4, -0.2) is 39.0 Å². The van der Waals surface area contributed by atoms with Crippen LogP contribution in [0.5, 0.6) is 0 Å². The molecule has 0 saturated carbocycles. The third kappa shape index (κ3) is 4.74. The number of carbonyl (C=O) groups excluding carboxylic acids is 2. The topological polar surface area (TPSA) is 88.9 Å². The molecule has 0 aliphatic rings. The lowest BCUT2D eigenvalue weighted by molar-refractivity contribution is -0.117. The molecule has 0 aromatic carbocycles. The number of urea groups is 1. The van der Waals surface area contributed by atoms with E-state index < -0.39 is 6.03 Å². The summed E-state index contributed by atoms with van der Waals surface area (Å²) in [6.07, 6.45) is 1.73. The van der Waals surface area contributed by atoms with Gasteiger partial charge in [-0.25, -0.2) is 4.79 Å². The van der Waals surface area contributed by atoms with E-state index in [0.29, 0.717) is 18.2 Å². The molecule has 8 heteroatoms. The average molecular weight is 283 g/mol. The standard InChI is InChI=1S/C11H17N5O2S/c1-4-6-16-8(3)14-15-11(16)19-7-9(17)13-10(18)12-5-2/h4H,1,5-7H2,2-3H3,(H2,12,13,17,18). The van der Waals surface area contributed by atoms with E-state index in [1.54, 1.807) is 13.0 Å². The highest BCUT2D eigenvalue weighted by molar-refractivity contribution is 7.99. The molecule has 1 heterocycles. The molecule has 0 unspecified atom stereocenters. The highest BCUT2D eigenvalue weighted by Gasteiger charge is 2.12. The van der Waals surface area contributed by atoms with Crippen LogP contribution in [0.1, 0.15) is 12.7 Å². The molecule has 0 bridgehead atoms. The minimum atomic E-state index is -0.489. The maximum atomic E-state index is 11.5. The Bertz CT molecular complexity index is 472. The molecule has 3 amide bonds. The molecule has 19 heavy (non-hydrogen) atoms. The van der Waals surface area contributed by atoms with Gasteiger partial charge in [0.25, 0.3) is 0 Å². The molecular weight excluding hydrogens is 266 g/mol. The fraction of sp³-hybridized carbons (Fsp3) is 0.455. The number of amides is 3. The van der Waals surface area contributed by atoms with E-state index in [0.717, 1.165) is 5.82 Å². The smallest absolute Gasteiger partial charge is 0.321 e. The van der Waals surface area contributed by atoms with Gasteiger partial charge in [0.2, 0.25) is 5.91 Å². The van der Waals surface area contributed by atoms with Crippen LogP contribution in [0.15, 0.2) is 17.8 Å². The van der Waals surface area contributed by atoms with Crippen molar-refractivity contribution in [3.63, 3.8) is 0 Å². The monoisotopic (exact) mass is 283 g/mol. The van der Waals surface area contributed by atoms with Crippen LogP contribution in [-0.2, 0) is 11.3 Å². The minimum absolute atomic E-state index is 0.104. The normalized spacial score (nSPS) is 10.0. The fourth-order valence-electron chi connectivity index (χ4n) is 1.31. The van der Waals surface area contributed by atoms with Gasteiger partial charge in [-0.05, 0) is 13.8 Å². The quantitative estimate of drug-likeness (QED) is 0.593. The highest BCUT2D eigenvalue weighted by atomic mass is 32.2. The second kappa shape index (κ2) is 7.57. The summed E-state index contributed by atoms with van der Waals surface area (Å²) < 4.78 is 1.84. The molecule has 104 valence electrons. The number of nitrogens with zero attached hydrogens (tertiary/aromatic N) is 3. The van der Waals surface area contributed by atoms with Crippen molar-refractivity contribution in [2.45, 2.75) is 25.5 Å². The molecule has 0 spiro atoms. The first-order chi connectivity index (χ1) is 9.08. The number of carbonyl (C=O) groups is 2. The van der Waals surface area contributed by atoms with Gasteiger partial charge in [0.1, 0.15) is 5.82 Å². The van der Waals surface area contributed by atoms with Crippen molar-refractivity contribution >= 4 is 23.7 Å². The van der Waals surface area contributed by atoms with E-state index in [1.165, 1.54) is 11.8 Å². The SMILES string of the molecule is C=CCn1c(C)nnc1SCC(=O)NC(=O)NCC. The minimum Gasteiger partial charge on any atom is -0.338 e. The number of thioether (sulfide) groups is 1. The van der Waals surface area contributed by atoms with Gasteiger partial charge < -0.3 is 9.88 Å². The van der Waals surface area contributed by atoms with Gasteiger partial charge in [0, 0.05) is 13.1 Å². The van der Waals surface area contributed by atoms with Crippen LogP contribution >= 0.6 is 11.8 Å². The van der Waals surface area contributed by atoms with Crippen molar-refractivity contribution in [3.05, 3.63) is 18.5 Å². The molecule has 0 fully saturated rings. The Balaban J connectivity index is 2.50. The number of nitrogens with one attached hydrogen (secondary N) is 2. The Morgan fingerprint density at radius 2 is 2.21 bits per heavy atom. The molecule has 2 N–H and O–H groups in total. The van der Waals surface area contributed by atoms with Crippen molar-refractivity contribution in [1.29, 1.82) is 0 Å². The summed E-state index contributed by atoms with van der Waals surface area (Å²) in [7, 11) is 0. The summed E-state index contributed by atoms with van der Waals surface area (Å²) in [6.45, 7) is 8.31. The van der Waals surface area contributed by atoms with Gasteiger partial charge >= 0.3 is 6.03 Å². The zero-order chi connectivity index (χ0) is 14.3. The summed E-state index contributed by atoms with van der Waals surface area (Å²) in [6, 6.07) is -0.489. The second-order valence-electron chi connectivity index (χ2n) is 3.63. The summed E-state index contributed by atoms with van der Waals surface area (Å²) >= 11 is 1.23. The number of imide groups is 1. The van der Waals surface area contributed by atoms with Crippen molar-refractivity contribution in [3.8, 4) is 0 Å². The summed E-state index contributed by atoms with van der Waals surface area (Å²) in [5, 5.41) is 13.2. The molecule has 0 saturated heterocycles. The van der Waals surface area contributed by atoms with E-state index in [2.05, 4.69) is 27.4 Å². The lowest BCUT2D eigenvalue weighted by Crippen LogP contribution is -2.40. The molecule has 1 rings (SSSR count). The number of rotatable bonds is 6. The van der Waals surface area contributed by atoms with E-state index in [4.69, 9.17) is 0 Å². The lowest BCUT2D eigenvalue weighted by atomic mass is 10.6. The Hall–Kier alpha value is -1.83. The largest absolute Gasteiger partial charge is 0.338 e. The Kier molecular flexibility index (Phi) is 6.07.